The van der Waals surface area contributed by atoms with Gasteiger partial charge in [0, 0.05) is 36.3 Å². The highest BCUT2D eigenvalue weighted by atomic mass is 16.6. The third-order valence-electron chi connectivity index (χ3n) is 6.20. The monoisotopic (exact) mass is 427 g/mol. The summed E-state index contributed by atoms with van der Waals surface area (Å²) in [7, 11) is 0. The molecule has 2 aromatic carbocycles. The van der Waals surface area contributed by atoms with Gasteiger partial charge in [-0.05, 0) is 50.2 Å². The number of rotatable bonds is 5. The van der Waals surface area contributed by atoms with Crippen molar-refractivity contribution in [3.05, 3.63) is 80.6 Å². The van der Waals surface area contributed by atoms with Gasteiger partial charge in [-0.15, -0.1) is 0 Å². The molecule has 0 aliphatic carbocycles. The summed E-state index contributed by atoms with van der Waals surface area (Å²) in [6.45, 7) is 3.82. The number of benzene rings is 2. The van der Waals surface area contributed by atoms with Crippen LogP contribution in [0, 0.1) is 21.4 Å². The van der Waals surface area contributed by atoms with Crippen LogP contribution in [0.4, 0.5) is 5.69 Å². The summed E-state index contributed by atoms with van der Waals surface area (Å²) in [6.07, 6.45) is 2.43. The van der Waals surface area contributed by atoms with E-state index < -0.39 is 10.5 Å². The summed E-state index contributed by atoms with van der Waals surface area (Å²) in [5.74, 6) is 0. The van der Waals surface area contributed by atoms with Gasteiger partial charge >= 0.3 is 0 Å². The van der Waals surface area contributed by atoms with E-state index in [9.17, 15) is 20.2 Å². The number of para-hydroxylation sites is 1. The predicted octanol–water partition coefficient (Wildman–Crippen LogP) is 3.82. The van der Waals surface area contributed by atoms with Gasteiger partial charge in [-0.3, -0.25) is 19.5 Å². The highest BCUT2D eigenvalue weighted by Gasteiger charge is 2.20. The fourth-order valence-electron chi connectivity index (χ4n) is 4.64. The maximum atomic E-state index is 13.2. The minimum absolute atomic E-state index is 0.0427. The Morgan fingerprint density at radius 1 is 1.00 bits per heavy atom. The van der Waals surface area contributed by atoms with E-state index in [2.05, 4.69) is 9.47 Å². The molecule has 1 saturated heterocycles. The molecule has 160 valence electrons. The van der Waals surface area contributed by atoms with E-state index >= 15 is 0 Å². The number of hydrogen-bond acceptors (Lipinski definition) is 5. The van der Waals surface area contributed by atoms with Crippen LogP contribution < -0.4 is 5.56 Å². The first kappa shape index (κ1) is 20.0. The summed E-state index contributed by atoms with van der Waals surface area (Å²) in [4.78, 5) is 26.3. The van der Waals surface area contributed by atoms with Gasteiger partial charge in [0.2, 0.25) is 0 Å². The van der Waals surface area contributed by atoms with Crippen LogP contribution in [0.5, 0.6) is 0 Å². The molecule has 0 atom stereocenters. The first-order valence-corrected chi connectivity index (χ1v) is 10.6. The van der Waals surface area contributed by atoms with Crippen LogP contribution in [0.2, 0.25) is 0 Å². The standard InChI is InChI=1S/C24H21N5O3/c25-16-17-15-22-23(28(24(17)30)18-7-9-19(10-8-18)29(31)32)20-5-1-2-6-21(20)27(22)14-13-26-11-3-4-12-26/h1-2,5-10,15H,3-4,11-14H2. The average molecular weight is 427 g/mol. The smallest absolute Gasteiger partial charge is 0.273 e. The lowest BCUT2D eigenvalue weighted by Gasteiger charge is -2.16. The summed E-state index contributed by atoms with van der Waals surface area (Å²) >= 11 is 0. The van der Waals surface area contributed by atoms with Gasteiger partial charge in [0.05, 0.1) is 21.5 Å². The van der Waals surface area contributed by atoms with Crippen LogP contribution in [-0.4, -0.2) is 38.6 Å². The first-order chi connectivity index (χ1) is 15.6. The van der Waals surface area contributed by atoms with Gasteiger partial charge in [-0.2, -0.15) is 5.26 Å². The number of likely N-dealkylation sites (tertiary alicyclic amines) is 1. The highest BCUT2D eigenvalue weighted by Crippen LogP contribution is 2.31. The zero-order valence-corrected chi connectivity index (χ0v) is 17.4. The maximum Gasteiger partial charge on any atom is 0.273 e. The quantitative estimate of drug-likeness (QED) is 0.356. The van der Waals surface area contributed by atoms with Crippen molar-refractivity contribution in [3.8, 4) is 11.8 Å². The summed E-state index contributed by atoms with van der Waals surface area (Å²) in [6, 6.07) is 17.4. The third-order valence-corrected chi connectivity index (χ3v) is 6.20. The lowest BCUT2D eigenvalue weighted by atomic mass is 10.2. The van der Waals surface area contributed by atoms with Crippen molar-refractivity contribution in [1.82, 2.24) is 14.0 Å². The molecule has 4 aromatic rings. The molecule has 0 N–H and O–H groups in total. The Kier molecular flexibility index (Phi) is 4.96. The lowest BCUT2D eigenvalue weighted by molar-refractivity contribution is -0.384. The molecule has 0 saturated carbocycles. The van der Waals surface area contributed by atoms with Gasteiger partial charge in [0.25, 0.3) is 11.2 Å². The van der Waals surface area contributed by atoms with Gasteiger partial charge in [0.15, 0.2) is 0 Å². The average Bonchev–Trinajstić information content (AvgIpc) is 3.43. The molecule has 8 nitrogen and oxygen atoms in total. The largest absolute Gasteiger partial charge is 0.338 e. The second-order valence-corrected chi connectivity index (χ2v) is 8.04. The van der Waals surface area contributed by atoms with Crippen molar-refractivity contribution in [2.24, 2.45) is 0 Å². The Labute approximate surface area is 183 Å². The number of non-ortho nitro benzene ring substituents is 1. The normalized spacial score (nSPS) is 14.2. The van der Waals surface area contributed by atoms with Gasteiger partial charge in [-0.1, -0.05) is 18.2 Å². The molecule has 0 spiro atoms. The summed E-state index contributed by atoms with van der Waals surface area (Å²) in [5.41, 5.74) is 2.55. The molecule has 0 radical (unpaired) electrons. The molecule has 0 amide bonds. The second-order valence-electron chi connectivity index (χ2n) is 8.04. The van der Waals surface area contributed by atoms with Crippen LogP contribution in [-0.2, 0) is 6.54 Å². The van der Waals surface area contributed by atoms with Gasteiger partial charge in [-0.25, -0.2) is 0 Å². The van der Waals surface area contributed by atoms with Crippen LogP contribution in [0.15, 0.2) is 59.4 Å². The van der Waals surface area contributed by atoms with Crippen molar-refractivity contribution in [1.29, 1.82) is 5.26 Å². The number of aromatic nitrogens is 2. The maximum absolute atomic E-state index is 13.2. The van der Waals surface area contributed by atoms with Crippen LogP contribution in [0.3, 0.4) is 0 Å². The van der Waals surface area contributed by atoms with E-state index in [1.807, 2.05) is 30.3 Å². The fraction of sp³-hybridized carbons (Fsp3) is 0.250. The second kappa shape index (κ2) is 7.94. The number of hydrogen-bond donors (Lipinski definition) is 0. The van der Waals surface area contributed by atoms with Crippen molar-refractivity contribution in [2.45, 2.75) is 19.4 Å². The van der Waals surface area contributed by atoms with E-state index in [-0.39, 0.29) is 11.3 Å². The number of nitriles is 1. The zero-order chi connectivity index (χ0) is 22.2. The molecule has 0 unspecified atom stereocenters. The van der Waals surface area contributed by atoms with Gasteiger partial charge < -0.3 is 9.47 Å². The number of nitro groups is 1. The van der Waals surface area contributed by atoms with Gasteiger partial charge in [0.1, 0.15) is 11.6 Å². The zero-order valence-electron chi connectivity index (χ0n) is 17.4. The molecule has 3 heterocycles. The third kappa shape index (κ3) is 3.24. The predicted molar refractivity (Wildman–Crippen MR) is 122 cm³/mol. The molecule has 1 fully saturated rings. The van der Waals surface area contributed by atoms with E-state index in [1.54, 1.807) is 18.2 Å². The number of fused-ring (bicyclic) bond motifs is 3. The molecular weight excluding hydrogens is 406 g/mol. The first-order valence-electron chi connectivity index (χ1n) is 10.6. The Bertz CT molecular complexity index is 1440. The van der Waals surface area contributed by atoms with Crippen molar-refractivity contribution < 1.29 is 4.92 Å². The molecule has 1 aliphatic rings. The van der Waals surface area contributed by atoms with Crippen LogP contribution in [0.25, 0.3) is 27.6 Å². The van der Waals surface area contributed by atoms with Crippen molar-refractivity contribution in [3.63, 3.8) is 0 Å². The molecule has 2 aromatic heterocycles. The Balaban J connectivity index is 1.77. The number of nitro benzene ring substituents is 1. The molecular formula is C24H21N5O3. The van der Waals surface area contributed by atoms with Crippen LogP contribution in [0.1, 0.15) is 18.4 Å². The van der Waals surface area contributed by atoms with E-state index in [0.717, 1.165) is 42.6 Å². The molecule has 5 rings (SSSR count). The molecule has 1 aliphatic heterocycles. The lowest BCUT2D eigenvalue weighted by Crippen LogP contribution is -2.24. The van der Waals surface area contributed by atoms with E-state index in [1.165, 1.54) is 29.5 Å². The molecule has 32 heavy (non-hydrogen) atoms. The fourth-order valence-corrected chi connectivity index (χ4v) is 4.64. The van der Waals surface area contributed by atoms with E-state index in [0.29, 0.717) is 11.2 Å². The molecule has 8 heteroatoms. The Morgan fingerprint density at radius 3 is 2.41 bits per heavy atom. The minimum Gasteiger partial charge on any atom is -0.338 e. The summed E-state index contributed by atoms with van der Waals surface area (Å²) in [5, 5.41) is 21.6. The Morgan fingerprint density at radius 2 is 1.72 bits per heavy atom. The Hall–Kier alpha value is -3.96. The highest BCUT2D eigenvalue weighted by molar-refractivity contribution is 6.07. The topological polar surface area (TPSA) is 97.1 Å². The van der Waals surface area contributed by atoms with Crippen LogP contribution >= 0.6 is 0 Å². The number of nitrogens with zero attached hydrogens (tertiary/aromatic N) is 5. The van der Waals surface area contributed by atoms with Crippen molar-refractivity contribution >= 4 is 27.6 Å². The number of pyridine rings is 1. The molecule has 0 bridgehead atoms. The SMILES string of the molecule is N#Cc1cc2c(c3ccccc3n2CCN2CCCC2)n(-c2ccc([N+](=O)[O-])cc2)c1=O. The van der Waals surface area contributed by atoms with E-state index in [4.69, 9.17) is 0 Å². The summed E-state index contributed by atoms with van der Waals surface area (Å²) < 4.78 is 3.68. The van der Waals surface area contributed by atoms with Crippen molar-refractivity contribution in [2.75, 3.05) is 19.6 Å². The minimum atomic E-state index is -0.474.